The Hall–Kier alpha value is -3.41. The largest absolute Gasteiger partial charge is 0.465 e. The van der Waals surface area contributed by atoms with Crippen LogP contribution in [0.25, 0.3) is 10.9 Å². The lowest BCUT2D eigenvalue weighted by molar-refractivity contribution is -0.146. The summed E-state index contributed by atoms with van der Waals surface area (Å²) in [4.78, 5) is 38.0. The molecule has 1 aromatic heterocycles. The number of hydrogen-bond acceptors (Lipinski definition) is 4. The zero-order valence-electron chi connectivity index (χ0n) is 16.7. The van der Waals surface area contributed by atoms with Crippen molar-refractivity contribution in [3.05, 3.63) is 75.6 Å². The van der Waals surface area contributed by atoms with E-state index in [0.29, 0.717) is 17.7 Å². The predicted octanol–water partition coefficient (Wildman–Crippen LogP) is 3.40. The maximum atomic E-state index is 12.9. The van der Waals surface area contributed by atoms with Crippen molar-refractivity contribution in [3.63, 3.8) is 0 Å². The minimum atomic E-state index is -0.544. The number of anilines is 1. The molecular formula is C24H22N2O4. The fraction of sp³-hybridized carbons (Fsp3) is 0.292. The minimum absolute atomic E-state index is 0.135. The highest BCUT2D eigenvalue weighted by atomic mass is 16.5. The summed E-state index contributed by atoms with van der Waals surface area (Å²) in [5.41, 5.74) is 2.88. The Balaban J connectivity index is 1.40. The number of para-hydroxylation sites is 1. The highest BCUT2D eigenvalue weighted by molar-refractivity contribution is 6.06. The summed E-state index contributed by atoms with van der Waals surface area (Å²) >= 11 is 0. The van der Waals surface area contributed by atoms with Gasteiger partial charge >= 0.3 is 5.97 Å². The molecule has 6 heteroatoms. The molecule has 0 atom stereocenters. The fourth-order valence-electron chi connectivity index (χ4n) is 4.39. The van der Waals surface area contributed by atoms with Gasteiger partial charge in [0.1, 0.15) is 5.56 Å². The van der Waals surface area contributed by atoms with E-state index in [1.54, 1.807) is 31.3 Å². The molecule has 0 unspecified atom stereocenters. The molecule has 152 valence electrons. The standard InChI is InChI=1S/C24H22N2O4/c1-2-30-23(29)24(11-12-24)16-6-8-17(9-7-16)25-22(28)19-14-26-13-10-15-4-3-5-18(20(15)26)21(19)27/h3-9,14H,2,10-13H2,1H3,(H,25,28). The van der Waals surface area contributed by atoms with E-state index in [4.69, 9.17) is 4.74 Å². The number of nitrogens with one attached hydrogen (secondary N) is 1. The van der Waals surface area contributed by atoms with Gasteiger partial charge in [-0.3, -0.25) is 14.4 Å². The molecule has 30 heavy (non-hydrogen) atoms. The Labute approximate surface area is 173 Å². The average Bonchev–Trinajstić information content (AvgIpc) is 3.47. The summed E-state index contributed by atoms with van der Waals surface area (Å²) < 4.78 is 7.19. The van der Waals surface area contributed by atoms with Crippen molar-refractivity contribution in [1.82, 2.24) is 4.57 Å². The zero-order valence-corrected chi connectivity index (χ0v) is 16.7. The van der Waals surface area contributed by atoms with Crippen LogP contribution in [0.15, 0.2) is 53.5 Å². The van der Waals surface area contributed by atoms with E-state index >= 15 is 0 Å². The number of amides is 1. The van der Waals surface area contributed by atoms with Gasteiger partial charge < -0.3 is 14.6 Å². The summed E-state index contributed by atoms with van der Waals surface area (Å²) in [6.45, 7) is 2.93. The number of carbonyl (C=O) groups excluding carboxylic acids is 2. The van der Waals surface area contributed by atoms with Gasteiger partial charge in [-0.05, 0) is 55.5 Å². The molecule has 1 fully saturated rings. The molecule has 6 nitrogen and oxygen atoms in total. The number of esters is 1. The molecule has 0 spiro atoms. The van der Waals surface area contributed by atoms with Crippen LogP contribution in [0.4, 0.5) is 5.69 Å². The third-order valence-electron chi connectivity index (χ3n) is 6.16. The molecular weight excluding hydrogens is 380 g/mol. The number of benzene rings is 2. The molecule has 1 N–H and O–H groups in total. The number of aromatic nitrogens is 1. The van der Waals surface area contributed by atoms with Crippen molar-refractivity contribution in [2.45, 2.75) is 38.1 Å². The smallest absolute Gasteiger partial charge is 0.316 e. The van der Waals surface area contributed by atoms with E-state index in [1.807, 2.05) is 28.8 Å². The number of ether oxygens (including phenoxy) is 1. The third-order valence-corrected chi connectivity index (χ3v) is 6.16. The van der Waals surface area contributed by atoms with Gasteiger partial charge in [-0.2, -0.15) is 0 Å². The van der Waals surface area contributed by atoms with Gasteiger partial charge in [0.15, 0.2) is 0 Å². The molecule has 3 aromatic rings. The SMILES string of the molecule is CCOC(=O)C1(c2ccc(NC(=O)c3cn4c5c(cccc5c3=O)CC4)cc2)CC1. The van der Waals surface area contributed by atoms with Crippen LogP contribution < -0.4 is 10.7 Å². The highest BCUT2D eigenvalue weighted by Crippen LogP contribution is 2.49. The quantitative estimate of drug-likeness (QED) is 0.664. The summed E-state index contributed by atoms with van der Waals surface area (Å²) in [5.74, 6) is -0.620. The second-order valence-electron chi connectivity index (χ2n) is 7.96. The van der Waals surface area contributed by atoms with Gasteiger partial charge in [0, 0.05) is 23.8 Å². The number of pyridine rings is 1. The first-order valence-electron chi connectivity index (χ1n) is 10.3. The van der Waals surface area contributed by atoms with E-state index < -0.39 is 11.3 Å². The maximum Gasteiger partial charge on any atom is 0.316 e. The lowest BCUT2D eigenvalue weighted by atomic mass is 9.96. The predicted molar refractivity (Wildman–Crippen MR) is 114 cm³/mol. The third kappa shape index (κ3) is 2.83. The van der Waals surface area contributed by atoms with Crippen LogP contribution in [0.2, 0.25) is 0 Å². The van der Waals surface area contributed by atoms with E-state index in [1.165, 1.54) is 0 Å². The van der Waals surface area contributed by atoms with E-state index in [9.17, 15) is 14.4 Å². The monoisotopic (exact) mass is 402 g/mol. The molecule has 2 heterocycles. The van der Waals surface area contributed by atoms with Crippen molar-refractivity contribution in [2.75, 3.05) is 11.9 Å². The lowest BCUT2D eigenvalue weighted by Crippen LogP contribution is -2.24. The van der Waals surface area contributed by atoms with Crippen LogP contribution in [-0.2, 0) is 27.9 Å². The fourth-order valence-corrected chi connectivity index (χ4v) is 4.39. The van der Waals surface area contributed by atoms with Crippen LogP contribution in [0.3, 0.4) is 0 Å². The molecule has 1 amide bonds. The summed E-state index contributed by atoms with van der Waals surface area (Å²) in [6, 6.07) is 12.9. The van der Waals surface area contributed by atoms with Crippen molar-refractivity contribution in [3.8, 4) is 0 Å². The first kappa shape index (κ1) is 18.6. The van der Waals surface area contributed by atoms with Gasteiger partial charge in [-0.25, -0.2) is 0 Å². The molecule has 0 saturated heterocycles. The summed E-state index contributed by atoms with van der Waals surface area (Å²) in [6.07, 6.45) is 4.07. The van der Waals surface area contributed by atoms with Gasteiger partial charge in [0.05, 0.1) is 17.5 Å². The number of nitrogens with zero attached hydrogens (tertiary/aromatic N) is 1. The number of carbonyl (C=O) groups is 2. The Kier molecular flexibility index (Phi) is 4.24. The first-order valence-corrected chi connectivity index (χ1v) is 10.3. The molecule has 1 aliphatic heterocycles. The van der Waals surface area contributed by atoms with Crippen molar-refractivity contribution >= 4 is 28.5 Å². The topological polar surface area (TPSA) is 77.4 Å². The summed E-state index contributed by atoms with van der Waals surface area (Å²) in [7, 11) is 0. The maximum absolute atomic E-state index is 12.9. The normalized spacial score (nSPS) is 15.8. The van der Waals surface area contributed by atoms with Gasteiger partial charge in [0.2, 0.25) is 5.43 Å². The Bertz CT molecular complexity index is 1240. The molecule has 1 saturated carbocycles. The molecule has 1 aliphatic carbocycles. The molecule has 5 rings (SSSR count). The van der Waals surface area contributed by atoms with Crippen molar-refractivity contribution in [2.24, 2.45) is 0 Å². The number of rotatable bonds is 5. The molecule has 2 aromatic carbocycles. The Morgan fingerprint density at radius 3 is 2.60 bits per heavy atom. The number of hydrogen-bond donors (Lipinski definition) is 1. The Morgan fingerprint density at radius 2 is 1.90 bits per heavy atom. The molecule has 0 radical (unpaired) electrons. The average molecular weight is 402 g/mol. The molecule has 2 aliphatic rings. The van der Waals surface area contributed by atoms with Gasteiger partial charge in [-0.15, -0.1) is 0 Å². The number of aryl methyl sites for hydroxylation is 2. The lowest BCUT2D eigenvalue weighted by Gasteiger charge is -2.15. The van der Waals surface area contributed by atoms with Gasteiger partial charge in [0.25, 0.3) is 5.91 Å². The van der Waals surface area contributed by atoms with Crippen LogP contribution in [0.5, 0.6) is 0 Å². The van der Waals surface area contributed by atoms with Gasteiger partial charge in [-0.1, -0.05) is 24.3 Å². The van der Waals surface area contributed by atoms with E-state index in [2.05, 4.69) is 5.32 Å². The second kappa shape index (κ2) is 6.83. The molecule has 0 bridgehead atoms. The van der Waals surface area contributed by atoms with Crippen LogP contribution in [0.1, 0.15) is 41.3 Å². The summed E-state index contributed by atoms with van der Waals surface area (Å²) in [5, 5.41) is 3.40. The highest BCUT2D eigenvalue weighted by Gasteiger charge is 2.52. The second-order valence-corrected chi connectivity index (χ2v) is 7.96. The van der Waals surface area contributed by atoms with E-state index in [-0.39, 0.29) is 17.0 Å². The van der Waals surface area contributed by atoms with Crippen LogP contribution in [0, 0.1) is 0 Å². The first-order chi connectivity index (χ1) is 14.5. The zero-order chi connectivity index (χ0) is 20.9. The minimum Gasteiger partial charge on any atom is -0.465 e. The van der Waals surface area contributed by atoms with Crippen LogP contribution in [-0.4, -0.2) is 23.1 Å². The Morgan fingerprint density at radius 1 is 1.13 bits per heavy atom. The van der Waals surface area contributed by atoms with Crippen molar-refractivity contribution < 1.29 is 14.3 Å². The van der Waals surface area contributed by atoms with Crippen molar-refractivity contribution in [1.29, 1.82) is 0 Å². The van der Waals surface area contributed by atoms with Crippen LogP contribution >= 0.6 is 0 Å². The van der Waals surface area contributed by atoms with E-state index in [0.717, 1.165) is 42.5 Å².